The SMILES string of the molecule is CC(c1ccccc1)n1cnc(-c2ccc(F)cc2)c1-c1ccc2[nH]ncc2c1. The van der Waals surface area contributed by atoms with Crippen molar-refractivity contribution in [2.75, 3.05) is 0 Å². The molecule has 2 heterocycles. The van der Waals surface area contributed by atoms with Gasteiger partial charge in [0.15, 0.2) is 0 Å². The topological polar surface area (TPSA) is 46.5 Å². The molecule has 4 nitrogen and oxygen atoms in total. The molecule has 1 N–H and O–H groups in total. The maximum Gasteiger partial charge on any atom is 0.123 e. The van der Waals surface area contributed by atoms with E-state index in [1.54, 1.807) is 12.1 Å². The highest BCUT2D eigenvalue weighted by molar-refractivity contribution is 5.87. The molecule has 0 bridgehead atoms. The number of fused-ring (bicyclic) bond motifs is 1. The average molecular weight is 382 g/mol. The number of halogens is 1. The van der Waals surface area contributed by atoms with Gasteiger partial charge in [0.05, 0.1) is 35.5 Å². The largest absolute Gasteiger partial charge is 0.323 e. The van der Waals surface area contributed by atoms with Crippen molar-refractivity contribution in [2.24, 2.45) is 0 Å². The van der Waals surface area contributed by atoms with Crippen molar-refractivity contribution >= 4 is 10.9 Å². The summed E-state index contributed by atoms with van der Waals surface area (Å²) < 4.78 is 15.7. The standard InChI is InChI=1S/C24H19FN4/c1-16(17-5-3-2-4-6-17)29-15-26-23(18-7-10-21(25)11-8-18)24(29)19-9-12-22-20(13-19)14-27-28-22/h2-16H,1H3,(H,27,28). The first-order valence-electron chi connectivity index (χ1n) is 9.52. The Morgan fingerprint density at radius 3 is 2.48 bits per heavy atom. The average Bonchev–Trinajstić information content (AvgIpc) is 3.41. The maximum atomic E-state index is 13.5. The summed E-state index contributed by atoms with van der Waals surface area (Å²) in [4.78, 5) is 4.72. The first-order valence-corrected chi connectivity index (χ1v) is 9.52. The predicted octanol–water partition coefficient (Wildman–Crippen LogP) is 5.84. The number of H-pyrrole nitrogens is 1. The van der Waals surface area contributed by atoms with Crippen LogP contribution >= 0.6 is 0 Å². The summed E-state index contributed by atoms with van der Waals surface area (Å²) in [6.07, 6.45) is 3.68. The van der Waals surface area contributed by atoms with Gasteiger partial charge >= 0.3 is 0 Å². The lowest BCUT2D eigenvalue weighted by Gasteiger charge is -2.18. The lowest BCUT2D eigenvalue weighted by Crippen LogP contribution is -2.07. The first kappa shape index (κ1) is 17.4. The number of hydrogen-bond acceptors (Lipinski definition) is 2. The lowest BCUT2D eigenvalue weighted by atomic mass is 10.0. The third kappa shape index (κ3) is 3.10. The van der Waals surface area contributed by atoms with Crippen molar-refractivity contribution in [3.63, 3.8) is 0 Å². The third-order valence-electron chi connectivity index (χ3n) is 5.32. The smallest absolute Gasteiger partial charge is 0.123 e. The molecular formula is C24H19FN4. The number of nitrogens with zero attached hydrogens (tertiary/aromatic N) is 3. The van der Waals surface area contributed by atoms with Gasteiger partial charge in [-0.3, -0.25) is 5.10 Å². The highest BCUT2D eigenvalue weighted by Crippen LogP contribution is 2.36. The minimum absolute atomic E-state index is 0.0907. The first-order chi connectivity index (χ1) is 14.2. The second kappa shape index (κ2) is 7.02. The Balaban J connectivity index is 1.72. The lowest BCUT2D eigenvalue weighted by molar-refractivity contribution is 0.628. The molecule has 1 atom stereocenters. The molecule has 5 rings (SSSR count). The fourth-order valence-electron chi connectivity index (χ4n) is 3.74. The molecule has 0 saturated heterocycles. The van der Waals surface area contributed by atoms with Crippen LogP contribution in [0, 0.1) is 5.82 Å². The van der Waals surface area contributed by atoms with Crippen molar-refractivity contribution in [2.45, 2.75) is 13.0 Å². The van der Waals surface area contributed by atoms with Crippen molar-refractivity contribution in [1.82, 2.24) is 19.7 Å². The van der Waals surface area contributed by atoms with Gasteiger partial charge in [-0.1, -0.05) is 36.4 Å². The van der Waals surface area contributed by atoms with Crippen molar-refractivity contribution in [3.05, 3.63) is 96.7 Å². The molecule has 0 aliphatic rings. The number of imidazole rings is 1. The van der Waals surface area contributed by atoms with Crippen LogP contribution in [0.1, 0.15) is 18.5 Å². The summed E-state index contributed by atoms with van der Waals surface area (Å²) in [6.45, 7) is 2.16. The third-order valence-corrected chi connectivity index (χ3v) is 5.32. The van der Waals surface area contributed by atoms with E-state index in [0.29, 0.717) is 0 Å². The molecule has 0 radical (unpaired) electrons. The van der Waals surface area contributed by atoms with Crippen molar-refractivity contribution < 1.29 is 4.39 Å². The van der Waals surface area contributed by atoms with Gasteiger partial charge in [0.2, 0.25) is 0 Å². The normalized spacial score (nSPS) is 12.3. The van der Waals surface area contributed by atoms with E-state index < -0.39 is 0 Å². The highest BCUT2D eigenvalue weighted by atomic mass is 19.1. The molecule has 2 aromatic heterocycles. The Morgan fingerprint density at radius 2 is 1.69 bits per heavy atom. The molecule has 3 aromatic carbocycles. The van der Waals surface area contributed by atoms with Crippen molar-refractivity contribution in [3.8, 4) is 22.5 Å². The van der Waals surface area contributed by atoms with Crippen LogP contribution in [0.5, 0.6) is 0 Å². The number of nitrogens with one attached hydrogen (secondary N) is 1. The van der Waals surface area contributed by atoms with E-state index in [4.69, 9.17) is 4.98 Å². The number of rotatable bonds is 4. The summed E-state index contributed by atoms with van der Waals surface area (Å²) in [7, 11) is 0. The quantitative estimate of drug-likeness (QED) is 0.424. The molecule has 142 valence electrons. The van der Waals surface area contributed by atoms with E-state index in [0.717, 1.165) is 33.4 Å². The van der Waals surface area contributed by atoms with E-state index in [1.165, 1.54) is 17.7 Å². The van der Waals surface area contributed by atoms with E-state index >= 15 is 0 Å². The van der Waals surface area contributed by atoms with E-state index in [2.05, 4.69) is 46.0 Å². The van der Waals surface area contributed by atoms with Gasteiger partial charge in [-0.25, -0.2) is 9.37 Å². The van der Waals surface area contributed by atoms with Crippen LogP contribution in [0.4, 0.5) is 4.39 Å². The molecule has 5 aromatic rings. The molecule has 0 saturated carbocycles. The molecule has 0 amide bonds. The monoisotopic (exact) mass is 382 g/mol. The number of benzene rings is 3. The molecule has 1 unspecified atom stereocenters. The number of aromatic nitrogens is 4. The molecule has 0 aliphatic heterocycles. The van der Waals surface area contributed by atoms with Gasteiger partial charge in [-0.2, -0.15) is 5.10 Å². The molecular weight excluding hydrogens is 363 g/mol. The van der Waals surface area contributed by atoms with Gasteiger partial charge in [0.25, 0.3) is 0 Å². The van der Waals surface area contributed by atoms with Crippen LogP contribution in [-0.4, -0.2) is 19.7 Å². The van der Waals surface area contributed by atoms with Gasteiger partial charge in [0, 0.05) is 16.5 Å². The van der Waals surface area contributed by atoms with E-state index in [9.17, 15) is 4.39 Å². The number of hydrogen-bond donors (Lipinski definition) is 1. The Hall–Kier alpha value is -3.73. The zero-order valence-electron chi connectivity index (χ0n) is 15.9. The van der Waals surface area contributed by atoms with Gasteiger partial charge < -0.3 is 4.57 Å². The minimum Gasteiger partial charge on any atom is -0.323 e. The highest BCUT2D eigenvalue weighted by Gasteiger charge is 2.20. The zero-order valence-corrected chi connectivity index (χ0v) is 15.9. The summed E-state index contributed by atoms with van der Waals surface area (Å²) in [5, 5.41) is 8.16. The van der Waals surface area contributed by atoms with Crippen LogP contribution in [0.2, 0.25) is 0 Å². The summed E-state index contributed by atoms with van der Waals surface area (Å²) in [5.74, 6) is -0.257. The Kier molecular flexibility index (Phi) is 4.21. The van der Waals surface area contributed by atoms with Crippen LogP contribution in [0.3, 0.4) is 0 Å². The van der Waals surface area contributed by atoms with E-state index in [-0.39, 0.29) is 11.9 Å². The molecule has 0 fully saturated rings. The maximum absolute atomic E-state index is 13.5. The van der Waals surface area contributed by atoms with Gasteiger partial charge in [-0.15, -0.1) is 0 Å². The molecule has 29 heavy (non-hydrogen) atoms. The Labute approximate surface area is 167 Å². The van der Waals surface area contributed by atoms with Crippen LogP contribution < -0.4 is 0 Å². The van der Waals surface area contributed by atoms with Gasteiger partial charge in [-0.05, 0) is 48.9 Å². The number of aromatic amines is 1. The fraction of sp³-hybridized carbons (Fsp3) is 0.0833. The van der Waals surface area contributed by atoms with Crippen LogP contribution in [-0.2, 0) is 0 Å². The molecule has 0 spiro atoms. The second-order valence-electron chi connectivity index (χ2n) is 7.11. The fourth-order valence-corrected chi connectivity index (χ4v) is 3.74. The zero-order chi connectivity index (χ0) is 19.8. The molecule has 5 heteroatoms. The predicted molar refractivity (Wildman–Crippen MR) is 113 cm³/mol. The Bertz CT molecular complexity index is 1270. The summed E-state index contributed by atoms with van der Waals surface area (Å²) in [5.41, 5.74) is 5.93. The van der Waals surface area contributed by atoms with Crippen LogP contribution in [0.15, 0.2) is 85.3 Å². The van der Waals surface area contributed by atoms with Gasteiger partial charge in [0.1, 0.15) is 5.82 Å². The second-order valence-corrected chi connectivity index (χ2v) is 7.11. The van der Waals surface area contributed by atoms with Crippen LogP contribution in [0.25, 0.3) is 33.4 Å². The van der Waals surface area contributed by atoms with Crippen molar-refractivity contribution in [1.29, 1.82) is 0 Å². The summed E-state index contributed by atoms with van der Waals surface area (Å²) in [6, 6.07) is 23.1. The Morgan fingerprint density at radius 1 is 0.931 bits per heavy atom. The minimum atomic E-state index is -0.257. The molecule has 0 aliphatic carbocycles. The van der Waals surface area contributed by atoms with E-state index in [1.807, 2.05) is 36.8 Å². The summed E-state index contributed by atoms with van der Waals surface area (Å²) >= 11 is 0.